The van der Waals surface area contributed by atoms with E-state index in [1.54, 1.807) is 24.3 Å². The Balaban J connectivity index is 2.02. The second-order valence-corrected chi connectivity index (χ2v) is 5.15. The molecule has 4 N–H and O–H groups in total. The molecule has 3 rings (SSSR count). The van der Waals surface area contributed by atoms with E-state index < -0.39 is 28.9 Å². The van der Waals surface area contributed by atoms with Crippen LogP contribution in [0, 0.1) is 6.92 Å². The fourth-order valence-corrected chi connectivity index (χ4v) is 2.20. The summed E-state index contributed by atoms with van der Waals surface area (Å²) >= 11 is 0. The van der Waals surface area contributed by atoms with Crippen LogP contribution < -0.4 is 21.7 Å². The number of hydrogen-bond acceptors (Lipinski definition) is 5. The Hall–Kier alpha value is -3.62. The number of nitrogens with one attached hydrogen (secondary N) is 3. The van der Waals surface area contributed by atoms with Gasteiger partial charge in [0.15, 0.2) is 0 Å². The predicted octanol–water partition coefficient (Wildman–Crippen LogP) is -0.461. The first-order valence-electron chi connectivity index (χ1n) is 6.86. The largest absolute Gasteiger partial charge is 0.494 e. The number of hydrazine groups is 1. The van der Waals surface area contributed by atoms with Crippen LogP contribution in [-0.4, -0.2) is 26.9 Å². The first-order valence-corrected chi connectivity index (χ1v) is 6.86. The van der Waals surface area contributed by atoms with Gasteiger partial charge in [0.25, 0.3) is 17.4 Å². The van der Waals surface area contributed by atoms with Gasteiger partial charge in [0.2, 0.25) is 5.88 Å². The number of anilines is 1. The van der Waals surface area contributed by atoms with Crippen LogP contribution in [0.1, 0.15) is 11.1 Å². The van der Waals surface area contributed by atoms with Crippen molar-refractivity contribution in [1.82, 2.24) is 15.4 Å². The van der Waals surface area contributed by atoms with Crippen LogP contribution in [0.2, 0.25) is 0 Å². The highest BCUT2D eigenvalue weighted by atomic mass is 16.3. The standard InChI is InChI=1S/C15H12N4O5/c1-7-2-4-8(5-3-7)19-14(23)10(13(22)18-19)6-9-11(20)16-15(24)17-12(9)21/h2-6H,1H3,(H,18,22)(H3,16,17,20,21,24)/b10-6+. The van der Waals surface area contributed by atoms with Crippen LogP contribution in [0.3, 0.4) is 0 Å². The lowest BCUT2D eigenvalue weighted by molar-refractivity contribution is -0.117. The minimum atomic E-state index is -0.918. The number of H-pyrrole nitrogens is 2. The van der Waals surface area contributed by atoms with Gasteiger partial charge < -0.3 is 5.11 Å². The summed E-state index contributed by atoms with van der Waals surface area (Å²) < 4.78 is 0. The number of aromatic hydroxyl groups is 1. The topological polar surface area (TPSA) is 135 Å². The van der Waals surface area contributed by atoms with Crippen LogP contribution >= 0.6 is 0 Å². The Morgan fingerprint density at radius 1 is 1.04 bits per heavy atom. The Labute approximate surface area is 134 Å². The van der Waals surface area contributed by atoms with E-state index >= 15 is 0 Å². The maximum Gasteiger partial charge on any atom is 0.328 e. The van der Waals surface area contributed by atoms with E-state index in [0.717, 1.165) is 16.6 Å². The molecule has 1 aromatic carbocycles. The van der Waals surface area contributed by atoms with Crippen molar-refractivity contribution in [3.8, 4) is 5.88 Å². The summed E-state index contributed by atoms with van der Waals surface area (Å²) in [4.78, 5) is 51.1. The third kappa shape index (κ3) is 2.58. The van der Waals surface area contributed by atoms with E-state index in [0.29, 0.717) is 5.69 Å². The SMILES string of the molecule is Cc1ccc(N2NC(=O)/C(=C\c3c(O)[nH]c(=O)[nH]c3=O)C2=O)cc1. The summed E-state index contributed by atoms with van der Waals surface area (Å²) in [6.45, 7) is 1.88. The van der Waals surface area contributed by atoms with Crippen LogP contribution in [-0.2, 0) is 9.59 Å². The molecule has 2 aromatic rings. The number of carbonyl (C=O) groups is 2. The van der Waals surface area contributed by atoms with Crippen LogP contribution in [0.25, 0.3) is 6.08 Å². The molecule has 2 heterocycles. The summed E-state index contributed by atoms with van der Waals surface area (Å²) in [5.41, 5.74) is 1.25. The summed E-state index contributed by atoms with van der Waals surface area (Å²) in [6.07, 6.45) is 0.927. The van der Waals surface area contributed by atoms with E-state index in [1.807, 2.05) is 16.9 Å². The first kappa shape index (κ1) is 15.3. The minimum absolute atomic E-state index is 0.344. The number of aryl methyl sites for hydroxylation is 1. The zero-order valence-electron chi connectivity index (χ0n) is 12.4. The Bertz CT molecular complexity index is 984. The quantitative estimate of drug-likeness (QED) is 0.437. The molecule has 0 aliphatic carbocycles. The molecular formula is C15H12N4O5. The Kier molecular flexibility index (Phi) is 3.53. The normalized spacial score (nSPS) is 15.9. The van der Waals surface area contributed by atoms with Crippen molar-refractivity contribution >= 4 is 23.6 Å². The number of amides is 2. The van der Waals surface area contributed by atoms with Gasteiger partial charge in [0.05, 0.1) is 5.69 Å². The molecule has 1 aliphatic rings. The highest BCUT2D eigenvalue weighted by molar-refractivity contribution is 6.31. The van der Waals surface area contributed by atoms with Gasteiger partial charge in [0.1, 0.15) is 11.1 Å². The lowest BCUT2D eigenvalue weighted by atomic mass is 10.1. The van der Waals surface area contributed by atoms with Gasteiger partial charge in [-0.05, 0) is 25.1 Å². The lowest BCUT2D eigenvalue weighted by Gasteiger charge is -2.14. The van der Waals surface area contributed by atoms with Crippen molar-refractivity contribution < 1.29 is 14.7 Å². The zero-order valence-corrected chi connectivity index (χ0v) is 12.4. The smallest absolute Gasteiger partial charge is 0.328 e. The van der Waals surface area contributed by atoms with E-state index in [4.69, 9.17) is 0 Å². The maximum atomic E-state index is 12.4. The molecule has 9 nitrogen and oxygen atoms in total. The van der Waals surface area contributed by atoms with Crippen molar-refractivity contribution in [2.24, 2.45) is 0 Å². The molecule has 0 bridgehead atoms. The van der Waals surface area contributed by atoms with E-state index in [1.165, 1.54) is 0 Å². The average molecular weight is 328 g/mol. The molecule has 0 spiro atoms. The van der Waals surface area contributed by atoms with Crippen LogP contribution in [0.4, 0.5) is 5.69 Å². The number of rotatable bonds is 2. The van der Waals surface area contributed by atoms with Gasteiger partial charge in [-0.25, -0.2) is 9.80 Å². The number of aromatic nitrogens is 2. The molecule has 122 valence electrons. The molecule has 0 atom stereocenters. The maximum absolute atomic E-state index is 12.4. The molecule has 2 amide bonds. The Morgan fingerprint density at radius 2 is 1.71 bits per heavy atom. The summed E-state index contributed by atoms with van der Waals surface area (Å²) in [7, 11) is 0. The van der Waals surface area contributed by atoms with E-state index in [9.17, 15) is 24.3 Å². The van der Waals surface area contributed by atoms with Crippen molar-refractivity contribution in [3.63, 3.8) is 0 Å². The second-order valence-electron chi connectivity index (χ2n) is 5.15. The number of hydrogen-bond donors (Lipinski definition) is 4. The Morgan fingerprint density at radius 3 is 2.33 bits per heavy atom. The van der Waals surface area contributed by atoms with Gasteiger partial charge in [-0.1, -0.05) is 17.7 Å². The highest BCUT2D eigenvalue weighted by Gasteiger charge is 2.34. The second kappa shape index (κ2) is 5.54. The van der Waals surface area contributed by atoms with E-state index in [2.05, 4.69) is 5.43 Å². The average Bonchev–Trinajstić information content (AvgIpc) is 2.79. The number of aromatic amines is 2. The molecule has 1 saturated heterocycles. The first-order chi connectivity index (χ1) is 11.4. The highest BCUT2D eigenvalue weighted by Crippen LogP contribution is 2.22. The van der Waals surface area contributed by atoms with E-state index in [-0.39, 0.29) is 11.1 Å². The minimum Gasteiger partial charge on any atom is -0.494 e. The third-order valence-corrected chi connectivity index (χ3v) is 3.43. The molecule has 1 aliphatic heterocycles. The molecule has 0 unspecified atom stereocenters. The zero-order chi connectivity index (χ0) is 17.4. The molecule has 1 fully saturated rings. The third-order valence-electron chi connectivity index (χ3n) is 3.43. The fraction of sp³-hybridized carbons (Fsp3) is 0.0667. The van der Waals surface area contributed by atoms with Crippen LogP contribution in [0.5, 0.6) is 5.88 Å². The predicted molar refractivity (Wildman–Crippen MR) is 84.1 cm³/mol. The van der Waals surface area contributed by atoms with Gasteiger partial charge in [0, 0.05) is 0 Å². The summed E-state index contributed by atoms with van der Waals surface area (Å²) in [5.74, 6) is -2.15. The van der Waals surface area contributed by atoms with Crippen molar-refractivity contribution in [2.45, 2.75) is 6.92 Å². The summed E-state index contributed by atoms with van der Waals surface area (Å²) in [5, 5.41) is 10.7. The molecule has 24 heavy (non-hydrogen) atoms. The van der Waals surface area contributed by atoms with Crippen molar-refractivity contribution in [2.75, 3.05) is 5.01 Å². The molecular weight excluding hydrogens is 316 g/mol. The van der Waals surface area contributed by atoms with Crippen molar-refractivity contribution in [1.29, 1.82) is 0 Å². The molecule has 9 heteroatoms. The molecule has 0 radical (unpaired) electrons. The van der Waals surface area contributed by atoms with Gasteiger partial charge in [-0.15, -0.1) is 0 Å². The monoisotopic (exact) mass is 328 g/mol. The summed E-state index contributed by atoms with van der Waals surface area (Å²) in [6, 6.07) is 6.85. The fourth-order valence-electron chi connectivity index (χ4n) is 2.20. The lowest BCUT2D eigenvalue weighted by Crippen LogP contribution is -2.35. The number of carbonyl (C=O) groups excluding carboxylic acids is 2. The van der Waals surface area contributed by atoms with Gasteiger partial charge in [-0.3, -0.25) is 29.8 Å². The van der Waals surface area contributed by atoms with Gasteiger partial charge >= 0.3 is 5.69 Å². The van der Waals surface area contributed by atoms with Crippen LogP contribution in [0.15, 0.2) is 39.4 Å². The molecule has 1 aromatic heterocycles. The van der Waals surface area contributed by atoms with Gasteiger partial charge in [-0.2, -0.15) is 0 Å². The molecule has 0 saturated carbocycles. The number of benzene rings is 1. The number of nitrogens with zero attached hydrogens (tertiary/aromatic N) is 1. The van der Waals surface area contributed by atoms with Crippen molar-refractivity contribution in [3.05, 3.63) is 61.8 Å².